The van der Waals surface area contributed by atoms with Crippen LogP contribution in [0.25, 0.3) is 0 Å². The summed E-state index contributed by atoms with van der Waals surface area (Å²) in [6, 6.07) is 2.04. The second-order valence-corrected chi connectivity index (χ2v) is 7.50. The lowest BCUT2D eigenvalue weighted by atomic mass is 10.0. The van der Waals surface area contributed by atoms with Crippen molar-refractivity contribution in [2.24, 2.45) is 11.8 Å². The van der Waals surface area contributed by atoms with Crippen molar-refractivity contribution in [1.82, 2.24) is 10.9 Å². The Kier molecular flexibility index (Phi) is 8.26. The van der Waals surface area contributed by atoms with Crippen LogP contribution in [0.3, 0.4) is 0 Å². The fourth-order valence-electron chi connectivity index (χ4n) is 2.43. The van der Waals surface area contributed by atoms with E-state index in [4.69, 9.17) is 0 Å². The predicted octanol–water partition coefficient (Wildman–Crippen LogP) is 3.11. The fourth-order valence-corrected chi connectivity index (χ4v) is 3.49. The number of hydrogen-bond acceptors (Lipinski definition) is 5. The Labute approximate surface area is 158 Å². The number of thiophene rings is 1. The molecule has 0 atom stereocenters. The van der Waals surface area contributed by atoms with Gasteiger partial charge in [0.2, 0.25) is 11.8 Å². The number of rotatable bonds is 7. The third kappa shape index (κ3) is 5.56. The van der Waals surface area contributed by atoms with Crippen LogP contribution in [0.5, 0.6) is 0 Å². The maximum atomic E-state index is 12.3. The van der Waals surface area contributed by atoms with Crippen molar-refractivity contribution in [2.75, 3.05) is 5.32 Å². The van der Waals surface area contributed by atoms with Gasteiger partial charge in [-0.15, -0.1) is 11.3 Å². The van der Waals surface area contributed by atoms with E-state index in [1.807, 2.05) is 33.8 Å². The number of carbonyl (C=O) groups is 3. The second kappa shape index (κ2) is 9.92. The molecule has 1 rings (SSSR count). The predicted molar refractivity (Wildman–Crippen MR) is 102 cm³/mol. The molecule has 0 unspecified atom stereocenters. The molecule has 7 nitrogen and oxygen atoms in total. The second-order valence-electron chi connectivity index (χ2n) is 6.48. The molecule has 0 spiro atoms. The summed E-state index contributed by atoms with van der Waals surface area (Å²) in [5.74, 6) is -0.927. The highest BCUT2D eigenvalue weighted by Crippen LogP contribution is 2.33. The Balaban J connectivity index is 2.93. The molecular weight excluding hydrogens is 352 g/mol. The maximum absolute atomic E-state index is 12.3. The van der Waals surface area contributed by atoms with Gasteiger partial charge in [-0.1, -0.05) is 27.7 Å². The first kappa shape index (κ1) is 21.6. The molecule has 0 fully saturated rings. The van der Waals surface area contributed by atoms with E-state index in [-0.39, 0.29) is 34.1 Å². The largest absolute Gasteiger partial charge is 0.316 e. The van der Waals surface area contributed by atoms with Gasteiger partial charge in [-0.25, -0.2) is 0 Å². The normalized spacial score (nSPS) is 10.5. The number of amides is 3. The molecule has 3 amide bonds. The molecule has 3 N–H and O–H groups in total. The van der Waals surface area contributed by atoms with Gasteiger partial charge in [-0.2, -0.15) is 5.26 Å². The number of carbonyl (C=O) groups excluding carboxylic acids is 3. The van der Waals surface area contributed by atoms with E-state index < -0.39 is 5.91 Å². The lowest BCUT2D eigenvalue weighted by Gasteiger charge is -2.11. The summed E-state index contributed by atoms with van der Waals surface area (Å²) < 4.78 is 0. The van der Waals surface area contributed by atoms with Crippen LogP contribution in [0.1, 0.15) is 67.8 Å². The summed E-state index contributed by atoms with van der Waals surface area (Å²) in [5, 5.41) is 12.5. The van der Waals surface area contributed by atoms with E-state index in [9.17, 15) is 19.6 Å². The average Bonchev–Trinajstić information content (AvgIpc) is 2.88. The minimum atomic E-state index is -0.510. The average molecular weight is 378 g/mol. The smallest absolute Gasteiger partial charge is 0.280 e. The molecule has 0 aliphatic carbocycles. The first-order valence-corrected chi connectivity index (χ1v) is 9.50. The maximum Gasteiger partial charge on any atom is 0.280 e. The fraction of sp³-hybridized carbons (Fsp3) is 0.556. The molecule has 1 aromatic rings. The van der Waals surface area contributed by atoms with Crippen LogP contribution in [-0.4, -0.2) is 17.7 Å². The van der Waals surface area contributed by atoms with Gasteiger partial charge < -0.3 is 5.32 Å². The lowest BCUT2D eigenvalue weighted by molar-refractivity contribution is -0.122. The molecule has 0 radical (unpaired) electrons. The van der Waals surface area contributed by atoms with Crippen LogP contribution in [0.2, 0.25) is 0 Å². The van der Waals surface area contributed by atoms with Gasteiger partial charge in [0.15, 0.2) is 0 Å². The Hall–Kier alpha value is -2.40. The van der Waals surface area contributed by atoms with Gasteiger partial charge in [-0.3, -0.25) is 25.2 Å². The van der Waals surface area contributed by atoms with Crippen LogP contribution >= 0.6 is 11.3 Å². The van der Waals surface area contributed by atoms with Gasteiger partial charge in [0.05, 0.1) is 5.56 Å². The van der Waals surface area contributed by atoms with E-state index in [0.717, 1.165) is 11.3 Å². The van der Waals surface area contributed by atoms with E-state index in [1.54, 1.807) is 6.92 Å². The molecule has 0 aliphatic rings. The third-order valence-electron chi connectivity index (χ3n) is 3.97. The number of hydrogen-bond donors (Lipinski definition) is 3. The van der Waals surface area contributed by atoms with Crippen molar-refractivity contribution in [3.63, 3.8) is 0 Å². The van der Waals surface area contributed by atoms with E-state index in [0.29, 0.717) is 29.8 Å². The molecule has 1 aromatic heterocycles. The molecule has 8 heteroatoms. The molecule has 142 valence electrons. The number of anilines is 1. The summed E-state index contributed by atoms with van der Waals surface area (Å²) in [7, 11) is 0. The Morgan fingerprint density at radius 3 is 2.27 bits per heavy atom. The van der Waals surface area contributed by atoms with Crippen molar-refractivity contribution >= 4 is 34.1 Å². The van der Waals surface area contributed by atoms with Gasteiger partial charge in [-0.05, 0) is 31.2 Å². The first-order chi connectivity index (χ1) is 12.2. The van der Waals surface area contributed by atoms with Crippen molar-refractivity contribution in [3.05, 3.63) is 16.0 Å². The SMILES string of the molecule is CCC(CC)C(=O)Nc1sc(C(=O)NNC(=O)CC(C)C)c(C)c1C#N. The van der Waals surface area contributed by atoms with E-state index in [2.05, 4.69) is 16.2 Å². The molecule has 0 bridgehead atoms. The molecule has 0 aromatic carbocycles. The standard InChI is InChI=1S/C18H26N4O3S/c1-6-12(7-2)16(24)20-18-13(9-19)11(5)15(26-18)17(25)22-21-14(23)8-10(3)4/h10,12H,6-8H2,1-5H3,(H,20,24)(H,21,23)(H,22,25). The molecule has 0 aliphatic heterocycles. The summed E-state index contributed by atoms with van der Waals surface area (Å²) in [4.78, 5) is 36.6. The summed E-state index contributed by atoms with van der Waals surface area (Å²) >= 11 is 1.03. The highest BCUT2D eigenvalue weighted by Gasteiger charge is 2.23. The minimum absolute atomic E-state index is 0.142. The van der Waals surface area contributed by atoms with Gasteiger partial charge in [0.1, 0.15) is 15.9 Å². The van der Waals surface area contributed by atoms with Crippen molar-refractivity contribution in [2.45, 2.75) is 53.9 Å². The van der Waals surface area contributed by atoms with Crippen LogP contribution < -0.4 is 16.2 Å². The minimum Gasteiger partial charge on any atom is -0.316 e. The molecule has 0 saturated heterocycles. The van der Waals surface area contributed by atoms with Gasteiger partial charge in [0.25, 0.3) is 5.91 Å². The Morgan fingerprint density at radius 2 is 1.77 bits per heavy atom. The summed E-state index contributed by atoms with van der Waals surface area (Å²) in [6.45, 7) is 9.30. The van der Waals surface area contributed by atoms with Gasteiger partial charge >= 0.3 is 0 Å². The van der Waals surface area contributed by atoms with Crippen LogP contribution in [0.4, 0.5) is 5.00 Å². The topological polar surface area (TPSA) is 111 Å². The Morgan fingerprint density at radius 1 is 1.15 bits per heavy atom. The quantitative estimate of drug-likeness (QED) is 0.633. The number of nitriles is 1. The Bertz CT molecular complexity index is 715. The molecule has 26 heavy (non-hydrogen) atoms. The summed E-state index contributed by atoms with van der Waals surface area (Å²) in [6.07, 6.45) is 1.69. The van der Waals surface area contributed by atoms with E-state index in [1.165, 1.54) is 0 Å². The highest BCUT2D eigenvalue weighted by molar-refractivity contribution is 7.18. The van der Waals surface area contributed by atoms with E-state index >= 15 is 0 Å². The zero-order valence-corrected chi connectivity index (χ0v) is 16.7. The highest BCUT2D eigenvalue weighted by atomic mass is 32.1. The van der Waals surface area contributed by atoms with Crippen molar-refractivity contribution < 1.29 is 14.4 Å². The van der Waals surface area contributed by atoms with Gasteiger partial charge in [0, 0.05) is 12.3 Å². The summed E-state index contributed by atoms with van der Waals surface area (Å²) in [5.41, 5.74) is 5.47. The number of hydrazine groups is 1. The van der Waals surface area contributed by atoms with Crippen LogP contribution in [0, 0.1) is 30.1 Å². The zero-order chi connectivity index (χ0) is 19.9. The number of nitrogens with zero attached hydrogens (tertiary/aromatic N) is 1. The molecule has 1 heterocycles. The van der Waals surface area contributed by atoms with Crippen LogP contribution in [0.15, 0.2) is 0 Å². The zero-order valence-electron chi connectivity index (χ0n) is 15.9. The lowest BCUT2D eigenvalue weighted by Crippen LogP contribution is -2.41. The monoisotopic (exact) mass is 378 g/mol. The first-order valence-electron chi connectivity index (χ1n) is 8.68. The molecular formula is C18H26N4O3S. The van der Waals surface area contributed by atoms with Crippen molar-refractivity contribution in [1.29, 1.82) is 5.26 Å². The van der Waals surface area contributed by atoms with Crippen LogP contribution in [-0.2, 0) is 9.59 Å². The van der Waals surface area contributed by atoms with Crippen molar-refractivity contribution in [3.8, 4) is 6.07 Å². The third-order valence-corrected chi connectivity index (χ3v) is 5.17. The number of nitrogens with one attached hydrogen (secondary N) is 3. The molecule has 0 saturated carbocycles.